The molecule has 25 heavy (non-hydrogen) atoms. The summed E-state index contributed by atoms with van der Waals surface area (Å²) in [5.41, 5.74) is 1.26. The highest BCUT2D eigenvalue weighted by atomic mass is 32.2. The van der Waals surface area contributed by atoms with Crippen LogP contribution < -0.4 is 4.72 Å². The topological polar surface area (TPSA) is 103 Å². The Morgan fingerprint density at radius 3 is 2.84 bits per heavy atom. The van der Waals surface area contributed by atoms with Crippen LogP contribution in [-0.4, -0.2) is 19.2 Å². The van der Waals surface area contributed by atoms with E-state index in [1.54, 1.807) is 6.07 Å². The lowest BCUT2D eigenvalue weighted by Crippen LogP contribution is -2.22. The molecule has 0 fully saturated rings. The van der Waals surface area contributed by atoms with Crippen molar-refractivity contribution < 1.29 is 17.6 Å². The second-order valence-electron chi connectivity index (χ2n) is 6.07. The van der Waals surface area contributed by atoms with E-state index in [0.717, 1.165) is 11.8 Å². The van der Waals surface area contributed by atoms with Crippen LogP contribution in [0.5, 0.6) is 0 Å². The quantitative estimate of drug-likeness (QED) is 0.873. The molecule has 1 aromatic heterocycles. The molecule has 1 unspecified atom stereocenters. The number of hydrogen-bond acceptors (Lipinski definition) is 4. The van der Waals surface area contributed by atoms with Crippen LogP contribution >= 0.6 is 0 Å². The van der Waals surface area contributed by atoms with Crippen LogP contribution in [0.15, 0.2) is 29.3 Å². The van der Waals surface area contributed by atoms with E-state index < -0.39 is 15.8 Å². The largest absolute Gasteiger partial charge is 0.363 e. The van der Waals surface area contributed by atoms with E-state index in [4.69, 9.17) is 5.26 Å². The molecule has 0 amide bonds. The molecule has 0 radical (unpaired) electrons. The van der Waals surface area contributed by atoms with Crippen LogP contribution in [0.2, 0.25) is 0 Å². The number of ketones is 1. The Bertz CT molecular complexity index is 989. The fraction of sp³-hybridized carbons (Fsp3) is 0.294. The molecule has 1 heterocycles. The molecule has 3 rings (SSSR count). The zero-order valence-corrected chi connectivity index (χ0v) is 14.3. The Morgan fingerprint density at radius 2 is 2.20 bits per heavy atom. The maximum atomic E-state index is 14.0. The number of aromatic amines is 1. The number of rotatable bonds is 4. The van der Waals surface area contributed by atoms with Crippen molar-refractivity contribution in [2.75, 3.05) is 4.72 Å². The number of fused-ring (bicyclic) bond motifs is 1. The van der Waals surface area contributed by atoms with Crippen molar-refractivity contribution in [3.05, 3.63) is 47.0 Å². The third kappa shape index (κ3) is 3.28. The third-order valence-electron chi connectivity index (χ3n) is 4.44. The molecule has 6 nitrogen and oxygen atoms in total. The van der Waals surface area contributed by atoms with Crippen LogP contribution in [0.1, 0.15) is 30.2 Å². The maximum Gasteiger partial charge on any atom is 0.263 e. The average molecular weight is 361 g/mol. The second-order valence-corrected chi connectivity index (χ2v) is 7.72. The van der Waals surface area contributed by atoms with Crippen LogP contribution in [0, 0.1) is 23.1 Å². The first kappa shape index (κ1) is 17.2. The van der Waals surface area contributed by atoms with E-state index in [9.17, 15) is 17.6 Å². The Hall–Kier alpha value is -2.66. The van der Waals surface area contributed by atoms with Gasteiger partial charge in [0.15, 0.2) is 0 Å². The number of halogens is 1. The van der Waals surface area contributed by atoms with E-state index in [-0.39, 0.29) is 27.8 Å². The molecule has 1 aliphatic rings. The zero-order valence-electron chi connectivity index (χ0n) is 13.5. The van der Waals surface area contributed by atoms with Crippen molar-refractivity contribution in [1.82, 2.24) is 4.98 Å². The molecule has 0 aliphatic heterocycles. The van der Waals surface area contributed by atoms with Crippen LogP contribution in [0.3, 0.4) is 0 Å². The van der Waals surface area contributed by atoms with Gasteiger partial charge in [0.25, 0.3) is 10.0 Å². The molecule has 1 aliphatic carbocycles. The van der Waals surface area contributed by atoms with E-state index in [1.165, 1.54) is 25.3 Å². The van der Waals surface area contributed by atoms with Gasteiger partial charge in [-0.2, -0.15) is 5.26 Å². The van der Waals surface area contributed by atoms with Crippen molar-refractivity contribution >= 4 is 21.5 Å². The number of sulfonamides is 1. The average Bonchev–Trinajstić information content (AvgIpc) is 3.00. The van der Waals surface area contributed by atoms with Crippen molar-refractivity contribution in [2.24, 2.45) is 5.92 Å². The lowest BCUT2D eigenvalue weighted by molar-refractivity contribution is -0.121. The highest BCUT2D eigenvalue weighted by Gasteiger charge is 2.30. The number of hydrogen-bond donors (Lipinski definition) is 2. The summed E-state index contributed by atoms with van der Waals surface area (Å²) < 4.78 is 41.4. The van der Waals surface area contributed by atoms with Gasteiger partial charge in [-0.1, -0.05) is 0 Å². The fourth-order valence-corrected chi connectivity index (χ4v) is 4.38. The minimum atomic E-state index is -3.98. The van der Waals surface area contributed by atoms with Crippen LogP contribution in [0.25, 0.3) is 0 Å². The number of benzene rings is 1. The molecule has 0 saturated heterocycles. The number of nitrogens with one attached hydrogen (secondary N) is 2. The lowest BCUT2D eigenvalue weighted by atomic mass is 9.86. The molecule has 0 saturated carbocycles. The normalized spacial score (nSPS) is 16.8. The number of carbonyl (C=O) groups excluding carboxylic acids is 1. The van der Waals surface area contributed by atoms with E-state index >= 15 is 0 Å². The van der Waals surface area contributed by atoms with Crippen LogP contribution in [0.4, 0.5) is 10.1 Å². The van der Waals surface area contributed by atoms with Gasteiger partial charge >= 0.3 is 0 Å². The summed E-state index contributed by atoms with van der Waals surface area (Å²) in [6, 6.07) is 5.32. The summed E-state index contributed by atoms with van der Waals surface area (Å²) in [5, 5.41) is 8.75. The standard InChI is InChI=1S/C17H16FN3O3S/c1-10(22)12-3-4-13-16(7-12)20-9-17(13)25(23,24)21-15-5-2-11(8-19)6-14(15)18/h2,5-6,9,12,20-21H,3-4,7H2,1H3. The molecule has 0 bridgehead atoms. The summed E-state index contributed by atoms with van der Waals surface area (Å²) in [7, 11) is -3.98. The predicted octanol–water partition coefficient (Wildman–Crippen LogP) is 2.52. The maximum absolute atomic E-state index is 14.0. The summed E-state index contributed by atoms with van der Waals surface area (Å²) in [6.07, 6.45) is 2.91. The number of nitriles is 1. The Kier molecular flexibility index (Phi) is 4.35. The molecule has 2 aromatic rings. The monoisotopic (exact) mass is 361 g/mol. The van der Waals surface area contributed by atoms with E-state index in [0.29, 0.717) is 24.8 Å². The number of H-pyrrole nitrogens is 1. The Balaban J connectivity index is 1.90. The molecule has 8 heteroatoms. The Morgan fingerprint density at radius 1 is 1.44 bits per heavy atom. The minimum Gasteiger partial charge on any atom is -0.363 e. The summed E-state index contributed by atoms with van der Waals surface area (Å²) in [6.45, 7) is 1.53. The molecule has 130 valence electrons. The smallest absolute Gasteiger partial charge is 0.263 e. The first-order valence-electron chi connectivity index (χ1n) is 7.74. The van der Waals surface area contributed by atoms with Crippen LogP contribution in [-0.2, 0) is 27.7 Å². The number of anilines is 1. The molecule has 1 atom stereocenters. The van der Waals surface area contributed by atoms with Gasteiger partial charge in [0, 0.05) is 17.8 Å². The fourth-order valence-electron chi connectivity index (χ4n) is 3.05. The minimum absolute atomic E-state index is 0.0632. The summed E-state index contributed by atoms with van der Waals surface area (Å²) >= 11 is 0. The number of nitrogens with zero attached hydrogens (tertiary/aromatic N) is 1. The molecule has 2 N–H and O–H groups in total. The van der Waals surface area contributed by atoms with Gasteiger partial charge in [0.2, 0.25) is 0 Å². The molecule has 1 aromatic carbocycles. The number of carbonyl (C=O) groups is 1. The van der Waals surface area contributed by atoms with Gasteiger partial charge < -0.3 is 4.98 Å². The number of aromatic nitrogens is 1. The molecule has 0 spiro atoms. The highest BCUT2D eigenvalue weighted by Crippen LogP contribution is 2.31. The van der Waals surface area contributed by atoms with Gasteiger partial charge in [-0.15, -0.1) is 0 Å². The van der Waals surface area contributed by atoms with Crippen molar-refractivity contribution in [3.63, 3.8) is 0 Å². The van der Waals surface area contributed by atoms with Crippen molar-refractivity contribution in [3.8, 4) is 6.07 Å². The van der Waals surface area contributed by atoms with Crippen molar-refractivity contribution in [1.29, 1.82) is 5.26 Å². The summed E-state index contributed by atoms with van der Waals surface area (Å²) in [5.74, 6) is -0.836. The predicted molar refractivity (Wildman–Crippen MR) is 88.9 cm³/mol. The highest BCUT2D eigenvalue weighted by molar-refractivity contribution is 7.92. The second kappa shape index (κ2) is 6.33. The third-order valence-corrected chi connectivity index (χ3v) is 5.87. The zero-order chi connectivity index (χ0) is 18.2. The van der Waals surface area contributed by atoms with Gasteiger partial charge in [-0.05, 0) is 49.9 Å². The molecular formula is C17H16FN3O3S. The van der Waals surface area contributed by atoms with E-state index in [2.05, 4.69) is 9.71 Å². The van der Waals surface area contributed by atoms with Gasteiger partial charge in [0.05, 0.1) is 17.3 Å². The van der Waals surface area contributed by atoms with Gasteiger partial charge in [-0.25, -0.2) is 12.8 Å². The summed E-state index contributed by atoms with van der Waals surface area (Å²) in [4.78, 5) is 14.5. The first-order valence-corrected chi connectivity index (χ1v) is 9.22. The Labute approximate surface area is 144 Å². The SMILES string of the molecule is CC(=O)C1CCc2c(S(=O)(=O)Nc3ccc(C#N)cc3F)c[nH]c2C1. The van der Waals surface area contributed by atoms with Gasteiger partial charge in [-0.3, -0.25) is 9.52 Å². The van der Waals surface area contributed by atoms with Gasteiger partial charge in [0.1, 0.15) is 16.5 Å². The molecular weight excluding hydrogens is 345 g/mol. The first-order chi connectivity index (χ1) is 11.8. The number of Topliss-reactive ketones (excluding diaryl/α,β-unsaturated/α-hetero) is 1. The van der Waals surface area contributed by atoms with Crippen molar-refractivity contribution in [2.45, 2.75) is 31.1 Å². The van der Waals surface area contributed by atoms with E-state index in [1.807, 2.05) is 0 Å². The lowest BCUT2D eigenvalue weighted by Gasteiger charge is -2.20.